The van der Waals surface area contributed by atoms with Crippen molar-refractivity contribution in [2.45, 2.75) is 86.2 Å². The van der Waals surface area contributed by atoms with E-state index >= 15 is 0 Å². The minimum atomic E-state index is -0.833. The zero-order chi connectivity index (χ0) is 28.0. The molecule has 0 aliphatic rings. The highest BCUT2D eigenvalue weighted by atomic mass is 35.5. The summed E-state index contributed by atoms with van der Waals surface area (Å²) >= 11 is 13.2. The summed E-state index contributed by atoms with van der Waals surface area (Å²) in [4.78, 5) is 14.2. The quantitative estimate of drug-likeness (QED) is 0.245. The maximum absolute atomic E-state index is 9.00. The number of para-hydroxylation sites is 2. The molecule has 0 saturated heterocycles. The average Bonchev–Trinajstić information content (AvgIpc) is 2.85. The molecule has 2 N–H and O–H groups in total. The molecule has 2 atom stereocenters. The van der Waals surface area contributed by atoms with Crippen molar-refractivity contribution in [3.8, 4) is 0 Å². The van der Waals surface area contributed by atoms with Gasteiger partial charge in [0.05, 0.1) is 15.7 Å². The molecule has 0 spiro atoms. The standard InChI is InChI=1S/C28H43Cl2N3.C2H4O2/c1-7-17-32(18-8-2)21(5)23-13-11-14-24(22(6)33(19-9-3)20-10-4)27(23)31-28-25(29)15-12-16-26(28)30;1-2(3)4/h11-16,21-22,31H,7-10,17-20H2,1-6H3;1H3,(H,3,4). The summed E-state index contributed by atoms with van der Waals surface area (Å²) in [5.74, 6) is -0.833. The minimum Gasteiger partial charge on any atom is -0.481 e. The Morgan fingerprint density at radius 3 is 1.41 bits per heavy atom. The molecular formula is C30H47Cl2N3O2. The van der Waals surface area contributed by atoms with E-state index in [-0.39, 0.29) is 12.1 Å². The van der Waals surface area contributed by atoms with Gasteiger partial charge in [0.1, 0.15) is 0 Å². The lowest BCUT2D eigenvalue weighted by atomic mass is 9.95. The molecule has 5 nitrogen and oxygen atoms in total. The molecule has 2 aromatic rings. The second kappa shape index (κ2) is 17.7. The molecule has 0 saturated carbocycles. The number of aliphatic carboxylic acids is 1. The van der Waals surface area contributed by atoms with Crippen molar-refractivity contribution in [3.63, 3.8) is 0 Å². The third-order valence-corrected chi connectivity index (χ3v) is 7.01. The summed E-state index contributed by atoms with van der Waals surface area (Å²) < 4.78 is 0. The van der Waals surface area contributed by atoms with Gasteiger partial charge in [-0.05, 0) is 89.0 Å². The zero-order valence-corrected chi connectivity index (χ0v) is 25.3. The number of hydrogen-bond acceptors (Lipinski definition) is 4. The Hall–Kier alpha value is -1.79. The van der Waals surface area contributed by atoms with Crippen molar-refractivity contribution in [1.29, 1.82) is 0 Å². The smallest absolute Gasteiger partial charge is 0.300 e. The van der Waals surface area contributed by atoms with Crippen LogP contribution in [0.1, 0.15) is 97.4 Å². The van der Waals surface area contributed by atoms with Crippen LogP contribution < -0.4 is 5.32 Å². The fourth-order valence-corrected chi connectivity index (χ4v) is 5.20. The van der Waals surface area contributed by atoms with Gasteiger partial charge in [0.15, 0.2) is 0 Å². The van der Waals surface area contributed by atoms with E-state index in [1.165, 1.54) is 11.1 Å². The summed E-state index contributed by atoms with van der Waals surface area (Å²) in [7, 11) is 0. The number of nitrogens with one attached hydrogen (secondary N) is 1. The molecule has 0 fully saturated rings. The number of hydrogen-bond donors (Lipinski definition) is 2. The molecule has 0 aromatic heterocycles. The van der Waals surface area contributed by atoms with Crippen LogP contribution >= 0.6 is 23.2 Å². The van der Waals surface area contributed by atoms with E-state index < -0.39 is 5.97 Å². The lowest BCUT2D eigenvalue weighted by Crippen LogP contribution is -2.31. The van der Waals surface area contributed by atoms with Gasteiger partial charge in [-0.3, -0.25) is 14.6 Å². The second-order valence-corrected chi connectivity index (χ2v) is 10.3. The first-order valence-electron chi connectivity index (χ1n) is 13.6. The number of rotatable bonds is 14. The van der Waals surface area contributed by atoms with Gasteiger partial charge in [-0.25, -0.2) is 0 Å². The summed E-state index contributed by atoms with van der Waals surface area (Å²) in [6.07, 6.45) is 4.56. The normalized spacial score (nSPS) is 12.7. The van der Waals surface area contributed by atoms with Crippen LogP contribution in [-0.2, 0) is 4.79 Å². The Labute approximate surface area is 235 Å². The molecule has 2 rings (SSSR count). The highest BCUT2D eigenvalue weighted by molar-refractivity contribution is 6.39. The number of carboxylic acid groups (broad SMARTS) is 1. The van der Waals surface area contributed by atoms with E-state index in [2.05, 4.69) is 74.9 Å². The Morgan fingerprint density at radius 1 is 0.757 bits per heavy atom. The molecule has 0 bridgehead atoms. The van der Waals surface area contributed by atoms with Crippen LogP contribution in [0.4, 0.5) is 11.4 Å². The molecule has 2 unspecified atom stereocenters. The summed E-state index contributed by atoms with van der Waals surface area (Å²) in [6.45, 7) is 19.1. The van der Waals surface area contributed by atoms with Crippen molar-refractivity contribution in [2.75, 3.05) is 31.5 Å². The largest absolute Gasteiger partial charge is 0.481 e. The molecule has 0 heterocycles. The molecule has 0 radical (unpaired) electrons. The van der Waals surface area contributed by atoms with Crippen LogP contribution in [0, 0.1) is 0 Å². The van der Waals surface area contributed by atoms with Gasteiger partial charge < -0.3 is 10.4 Å². The van der Waals surface area contributed by atoms with Gasteiger partial charge in [-0.1, -0.05) is 75.2 Å². The lowest BCUT2D eigenvalue weighted by Gasteiger charge is -2.34. The van der Waals surface area contributed by atoms with E-state index in [9.17, 15) is 0 Å². The topological polar surface area (TPSA) is 55.8 Å². The number of carbonyl (C=O) groups is 1. The highest BCUT2D eigenvalue weighted by Crippen LogP contribution is 2.40. The fourth-order valence-electron chi connectivity index (χ4n) is 4.71. The van der Waals surface area contributed by atoms with Crippen LogP contribution in [0.5, 0.6) is 0 Å². The Kier molecular flexibility index (Phi) is 15.9. The predicted molar refractivity (Wildman–Crippen MR) is 161 cm³/mol. The monoisotopic (exact) mass is 551 g/mol. The van der Waals surface area contributed by atoms with Crippen LogP contribution in [-0.4, -0.2) is 47.1 Å². The third kappa shape index (κ3) is 10.5. The highest BCUT2D eigenvalue weighted by Gasteiger charge is 2.24. The number of anilines is 2. The average molecular weight is 553 g/mol. The van der Waals surface area contributed by atoms with Crippen molar-refractivity contribution >= 4 is 40.5 Å². The van der Waals surface area contributed by atoms with E-state index in [0.29, 0.717) is 10.0 Å². The van der Waals surface area contributed by atoms with Gasteiger partial charge >= 0.3 is 0 Å². The third-order valence-electron chi connectivity index (χ3n) is 6.38. The molecule has 208 valence electrons. The van der Waals surface area contributed by atoms with E-state index in [4.69, 9.17) is 33.1 Å². The molecular weight excluding hydrogens is 505 g/mol. The van der Waals surface area contributed by atoms with E-state index in [1.54, 1.807) is 0 Å². The minimum absolute atomic E-state index is 0.284. The summed E-state index contributed by atoms with van der Waals surface area (Å²) in [5, 5.41) is 12.4. The number of carboxylic acids is 1. The van der Waals surface area contributed by atoms with Crippen LogP contribution in [0.3, 0.4) is 0 Å². The van der Waals surface area contributed by atoms with Crippen molar-refractivity contribution in [2.24, 2.45) is 0 Å². The van der Waals surface area contributed by atoms with Gasteiger partial charge in [-0.2, -0.15) is 0 Å². The van der Waals surface area contributed by atoms with Crippen LogP contribution in [0.15, 0.2) is 36.4 Å². The molecule has 0 aliphatic heterocycles. The predicted octanol–water partition coefficient (Wildman–Crippen LogP) is 9.19. The molecule has 7 heteroatoms. The molecule has 0 aliphatic carbocycles. The first-order chi connectivity index (χ1) is 17.6. The Bertz CT molecular complexity index is 878. The summed E-state index contributed by atoms with van der Waals surface area (Å²) in [5.41, 5.74) is 4.52. The molecule has 37 heavy (non-hydrogen) atoms. The number of halogens is 2. The second-order valence-electron chi connectivity index (χ2n) is 9.48. The maximum atomic E-state index is 9.00. The zero-order valence-electron chi connectivity index (χ0n) is 23.8. The molecule has 0 amide bonds. The maximum Gasteiger partial charge on any atom is 0.300 e. The van der Waals surface area contributed by atoms with Crippen LogP contribution in [0.2, 0.25) is 10.0 Å². The first kappa shape index (κ1) is 33.2. The van der Waals surface area contributed by atoms with Gasteiger partial charge in [0.25, 0.3) is 5.97 Å². The van der Waals surface area contributed by atoms with Gasteiger partial charge in [0.2, 0.25) is 0 Å². The van der Waals surface area contributed by atoms with Crippen molar-refractivity contribution < 1.29 is 9.90 Å². The number of benzene rings is 2. The SMILES string of the molecule is CC(=O)O.CCCN(CCC)C(C)c1cccc(C(C)N(CCC)CCC)c1Nc1c(Cl)cccc1Cl. The van der Waals surface area contributed by atoms with E-state index in [1.807, 2.05) is 18.2 Å². The Morgan fingerprint density at radius 2 is 1.08 bits per heavy atom. The van der Waals surface area contributed by atoms with Crippen molar-refractivity contribution in [3.05, 3.63) is 57.6 Å². The summed E-state index contributed by atoms with van der Waals surface area (Å²) in [6, 6.07) is 13.0. The van der Waals surface area contributed by atoms with Gasteiger partial charge in [0, 0.05) is 24.7 Å². The lowest BCUT2D eigenvalue weighted by molar-refractivity contribution is -0.134. The first-order valence-corrected chi connectivity index (χ1v) is 14.4. The van der Waals surface area contributed by atoms with E-state index in [0.717, 1.165) is 70.2 Å². The number of nitrogens with zero attached hydrogens (tertiary/aromatic N) is 2. The molecule has 2 aromatic carbocycles. The van der Waals surface area contributed by atoms with Crippen molar-refractivity contribution in [1.82, 2.24) is 9.80 Å². The van der Waals surface area contributed by atoms with Gasteiger partial charge in [-0.15, -0.1) is 0 Å². The Balaban J connectivity index is 0.00000159. The fraction of sp³-hybridized carbons (Fsp3) is 0.567. The van der Waals surface area contributed by atoms with Crippen LogP contribution in [0.25, 0.3) is 0 Å².